The molecule has 0 saturated heterocycles. The smallest absolute Gasteiger partial charge is 0.286 e. The summed E-state index contributed by atoms with van der Waals surface area (Å²) in [6, 6.07) is -1.02. The van der Waals surface area contributed by atoms with Gasteiger partial charge in [-0.3, -0.25) is 4.79 Å². The van der Waals surface area contributed by atoms with Crippen molar-refractivity contribution in [1.29, 1.82) is 0 Å². The van der Waals surface area contributed by atoms with Crippen LogP contribution in [0.2, 0.25) is 0 Å². The number of allylic oxidation sites excluding steroid dienone is 1. The number of amides is 1. The first-order valence-electron chi connectivity index (χ1n) is 21.1. The SMILES string of the molecule is CCCCCCCCCCCCCCCCCCCCCC=C(O)C(=O)N[C@H](CO)[C@H](O)C(O)CCCCCCCCCCCCCC. The number of hydrogen-bond acceptors (Lipinski definition) is 5. The van der Waals surface area contributed by atoms with Gasteiger partial charge >= 0.3 is 0 Å². The van der Waals surface area contributed by atoms with Gasteiger partial charge in [-0.25, -0.2) is 0 Å². The molecule has 6 heteroatoms. The molecule has 0 saturated carbocycles. The fourth-order valence-electron chi connectivity index (χ4n) is 6.67. The minimum absolute atomic E-state index is 0.390. The molecule has 0 fully saturated rings. The average molecular weight is 682 g/mol. The zero-order valence-electron chi connectivity index (χ0n) is 32.0. The van der Waals surface area contributed by atoms with E-state index >= 15 is 0 Å². The third-order valence-corrected chi connectivity index (χ3v) is 10.1. The van der Waals surface area contributed by atoms with Gasteiger partial charge in [-0.15, -0.1) is 0 Å². The van der Waals surface area contributed by atoms with Crippen molar-refractivity contribution in [2.24, 2.45) is 0 Å². The van der Waals surface area contributed by atoms with E-state index in [1.165, 1.54) is 173 Å². The Morgan fingerprint density at radius 1 is 0.521 bits per heavy atom. The molecule has 3 atom stereocenters. The van der Waals surface area contributed by atoms with Crippen LogP contribution in [0.25, 0.3) is 0 Å². The third kappa shape index (κ3) is 30.9. The Balaban J connectivity index is 3.76. The molecule has 0 radical (unpaired) electrons. The van der Waals surface area contributed by atoms with Crippen molar-refractivity contribution in [2.45, 2.75) is 244 Å². The van der Waals surface area contributed by atoms with Gasteiger partial charge in [0.1, 0.15) is 6.10 Å². The maximum Gasteiger partial charge on any atom is 0.286 e. The van der Waals surface area contributed by atoms with E-state index in [9.17, 15) is 25.2 Å². The predicted octanol–water partition coefficient (Wildman–Crippen LogP) is 11.5. The lowest BCUT2D eigenvalue weighted by molar-refractivity contribution is -0.123. The maximum absolute atomic E-state index is 12.4. The number of aliphatic hydroxyl groups excluding tert-OH is 4. The second kappa shape index (κ2) is 37.2. The predicted molar refractivity (Wildman–Crippen MR) is 205 cm³/mol. The Bertz CT molecular complexity index is 700. The van der Waals surface area contributed by atoms with Gasteiger partial charge in [-0.1, -0.05) is 206 Å². The molecular formula is C42H83NO5. The van der Waals surface area contributed by atoms with E-state index in [0.717, 1.165) is 32.1 Å². The molecule has 0 aliphatic rings. The second-order valence-corrected chi connectivity index (χ2v) is 14.7. The molecule has 0 aromatic carbocycles. The molecule has 6 nitrogen and oxygen atoms in total. The first-order chi connectivity index (χ1) is 23.5. The Kier molecular flexibility index (Phi) is 36.3. The number of carbonyl (C=O) groups is 1. The van der Waals surface area contributed by atoms with Crippen LogP contribution in [0.1, 0.15) is 226 Å². The van der Waals surface area contributed by atoms with Gasteiger partial charge < -0.3 is 25.7 Å². The van der Waals surface area contributed by atoms with Crippen LogP contribution in [0.15, 0.2) is 11.8 Å². The highest BCUT2D eigenvalue weighted by Crippen LogP contribution is 2.17. The van der Waals surface area contributed by atoms with Gasteiger partial charge in [-0.2, -0.15) is 0 Å². The summed E-state index contributed by atoms with van der Waals surface area (Å²) in [6.45, 7) is 4.02. The second-order valence-electron chi connectivity index (χ2n) is 14.7. The maximum atomic E-state index is 12.4. The Labute approximate surface area is 298 Å². The molecule has 286 valence electrons. The van der Waals surface area contributed by atoms with Crippen LogP contribution in [0.5, 0.6) is 0 Å². The molecule has 0 heterocycles. The molecule has 0 bridgehead atoms. The van der Waals surface area contributed by atoms with E-state index in [-0.39, 0.29) is 0 Å². The van der Waals surface area contributed by atoms with E-state index in [4.69, 9.17) is 0 Å². The van der Waals surface area contributed by atoms with Gasteiger partial charge in [-0.05, 0) is 25.3 Å². The third-order valence-electron chi connectivity index (χ3n) is 10.1. The molecular weight excluding hydrogens is 598 g/mol. The summed E-state index contributed by atoms with van der Waals surface area (Å²) in [5, 5.41) is 43.3. The first kappa shape index (κ1) is 46.9. The van der Waals surface area contributed by atoms with Crippen LogP contribution >= 0.6 is 0 Å². The minimum Gasteiger partial charge on any atom is -0.503 e. The topological polar surface area (TPSA) is 110 Å². The average Bonchev–Trinajstić information content (AvgIpc) is 3.09. The van der Waals surface area contributed by atoms with Crippen molar-refractivity contribution in [3.05, 3.63) is 11.8 Å². The fraction of sp³-hybridized carbons (Fsp3) is 0.929. The summed E-state index contributed by atoms with van der Waals surface area (Å²) in [7, 11) is 0. The minimum atomic E-state index is -1.28. The van der Waals surface area contributed by atoms with Crippen LogP contribution in [0, 0.1) is 0 Å². The Hall–Kier alpha value is -1.11. The highest BCUT2D eigenvalue weighted by atomic mass is 16.3. The monoisotopic (exact) mass is 682 g/mol. The summed E-state index contributed by atoms with van der Waals surface area (Å²) in [4.78, 5) is 12.4. The highest BCUT2D eigenvalue weighted by Gasteiger charge is 2.27. The standard InChI is InChI=1S/C42H83NO5/c1-3-5-7-9-11-13-15-17-18-19-20-21-22-23-24-26-28-30-32-34-36-40(46)42(48)43-38(37-44)41(47)39(45)35-33-31-29-27-25-16-14-12-10-8-6-4-2/h36,38-39,41,44-47H,3-35,37H2,1-2H3,(H,43,48)/t38-,39?,41+/m1/s1. The largest absolute Gasteiger partial charge is 0.503 e. The zero-order chi connectivity index (χ0) is 35.3. The van der Waals surface area contributed by atoms with E-state index < -0.39 is 36.5 Å². The fourth-order valence-corrected chi connectivity index (χ4v) is 6.67. The lowest BCUT2D eigenvalue weighted by Crippen LogP contribution is -2.51. The molecule has 0 spiro atoms. The van der Waals surface area contributed by atoms with E-state index in [2.05, 4.69) is 19.2 Å². The van der Waals surface area contributed by atoms with Crippen molar-refractivity contribution in [3.8, 4) is 0 Å². The number of carbonyl (C=O) groups excluding carboxylic acids is 1. The van der Waals surface area contributed by atoms with E-state index in [1.54, 1.807) is 0 Å². The van der Waals surface area contributed by atoms with Crippen molar-refractivity contribution in [1.82, 2.24) is 5.32 Å². The molecule has 48 heavy (non-hydrogen) atoms. The van der Waals surface area contributed by atoms with Crippen molar-refractivity contribution < 1.29 is 25.2 Å². The molecule has 0 aromatic heterocycles. The zero-order valence-corrected chi connectivity index (χ0v) is 32.0. The highest BCUT2D eigenvalue weighted by molar-refractivity contribution is 5.91. The van der Waals surface area contributed by atoms with Crippen molar-refractivity contribution in [2.75, 3.05) is 6.61 Å². The van der Waals surface area contributed by atoms with Gasteiger partial charge in [0.05, 0.1) is 18.8 Å². The summed E-state index contributed by atoms with van der Waals surface area (Å²) in [6.07, 6.45) is 40.2. The molecule has 0 aliphatic heterocycles. The van der Waals surface area contributed by atoms with Crippen LogP contribution in [0.4, 0.5) is 0 Å². The Morgan fingerprint density at radius 3 is 1.17 bits per heavy atom. The van der Waals surface area contributed by atoms with Crippen molar-refractivity contribution >= 4 is 5.91 Å². The lowest BCUT2D eigenvalue weighted by atomic mass is 9.99. The molecule has 5 N–H and O–H groups in total. The van der Waals surface area contributed by atoms with E-state index in [1.807, 2.05) is 0 Å². The quantitative estimate of drug-likeness (QED) is 0.0253. The molecule has 0 rings (SSSR count). The molecule has 1 amide bonds. The molecule has 1 unspecified atom stereocenters. The number of nitrogens with one attached hydrogen (secondary N) is 1. The van der Waals surface area contributed by atoms with Crippen LogP contribution < -0.4 is 5.32 Å². The van der Waals surface area contributed by atoms with Gasteiger partial charge in [0.15, 0.2) is 5.76 Å². The van der Waals surface area contributed by atoms with E-state index in [0.29, 0.717) is 12.8 Å². The van der Waals surface area contributed by atoms with Gasteiger partial charge in [0, 0.05) is 0 Å². The van der Waals surface area contributed by atoms with Crippen LogP contribution in [0.3, 0.4) is 0 Å². The molecule has 0 aliphatic carbocycles. The Morgan fingerprint density at radius 2 is 0.833 bits per heavy atom. The van der Waals surface area contributed by atoms with Crippen LogP contribution in [-0.2, 0) is 4.79 Å². The number of aliphatic hydroxyl groups is 4. The summed E-state index contributed by atoms with van der Waals surface area (Å²) in [5.74, 6) is -1.11. The summed E-state index contributed by atoms with van der Waals surface area (Å²) in [5.41, 5.74) is 0. The molecule has 0 aromatic rings. The van der Waals surface area contributed by atoms with Gasteiger partial charge in [0.2, 0.25) is 0 Å². The number of rotatable bonds is 38. The lowest BCUT2D eigenvalue weighted by Gasteiger charge is -2.26. The number of unbranched alkanes of at least 4 members (excludes halogenated alkanes) is 30. The normalized spacial score (nSPS) is 13.9. The van der Waals surface area contributed by atoms with Crippen molar-refractivity contribution in [3.63, 3.8) is 0 Å². The summed E-state index contributed by atoms with van der Waals surface area (Å²) < 4.78 is 0. The van der Waals surface area contributed by atoms with Crippen LogP contribution in [-0.4, -0.2) is 51.2 Å². The van der Waals surface area contributed by atoms with Gasteiger partial charge in [0.25, 0.3) is 5.91 Å². The summed E-state index contributed by atoms with van der Waals surface area (Å²) >= 11 is 0. The number of hydrogen-bond donors (Lipinski definition) is 5. The first-order valence-corrected chi connectivity index (χ1v) is 21.1.